The highest BCUT2D eigenvalue weighted by molar-refractivity contribution is 5.20. The van der Waals surface area contributed by atoms with E-state index in [1.165, 1.54) is 12.8 Å². The highest BCUT2D eigenvalue weighted by Gasteiger charge is 2.72. The minimum absolute atomic E-state index is 0.0290. The van der Waals surface area contributed by atoms with Gasteiger partial charge in [0.15, 0.2) is 0 Å². The Kier molecular flexibility index (Phi) is 5.55. The molecule has 3 N–H and O–H groups in total. The fourth-order valence-corrected chi connectivity index (χ4v) is 11.6. The molecule has 5 aliphatic rings. The largest absolute Gasteiger partial charge is 0.396 e. The van der Waals surface area contributed by atoms with Crippen LogP contribution in [-0.2, 0) is 0 Å². The van der Waals surface area contributed by atoms with Crippen molar-refractivity contribution in [3.8, 4) is 0 Å². The van der Waals surface area contributed by atoms with Crippen LogP contribution in [0.25, 0.3) is 0 Å². The maximum absolute atomic E-state index is 12.2. The zero-order chi connectivity index (χ0) is 24.2. The lowest BCUT2D eigenvalue weighted by molar-refractivity contribution is -0.178. The van der Waals surface area contributed by atoms with Crippen molar-refractivity contribution in [1.82, 2.24) is 0 Å². The Morgan fingerprint density at radius 3 is 2.12 bits per heavy atom. The lowest BCUT2D eigenvalue weighted by atomic mass is 9.41. The number of rotatable bonds is 2. The molecule has 5 aliphatic carbocycles. The summed E-state index contributed by atoms with van der Waals surface area (Å²) in [5.74, 6) is 2.82. The van der Waals surface area contributed by atoms with E-state index in [1.54, 1.807) is 0 Å². The zero-order valence-corrected chi connectivity index (χ0v) is 22.5. The van der Waals surface area contributed by atoms with Crippen molar-refractivity contribution in [2.24, 2.45) is 62.6 Å². The molecule has 0 aromatic carbocycles. The molecule has 3 heteroatoms. The zero-order valence-electron chi connectivity index (χ0n) is 22.5. The van der Waals surface area contributed by atoms with Gasteiger partial charge < -0.3 is 15.3 Å². The number of aliphatic hydroxyl groups is 3. The Morgan fingerprint density at radius 1 is 0.788 bits per heavy atom. The fraction of sp³-hybridized carbons (Fsp3) is 1.00. The Morgan fingerprint density at radius 2 is 1.48 bits per heavy atom. The maximum Gasteiger partial charge on any atom is 0.0610 e. The molecule has 33 heavy (non-hydrogen) atoms. The van der Waals surface area contributed by atoms with Crippen molar-refractivity contribution < 1.29 is 15.3 Å². The van der Waals surface area contributed by atoms with E-state index in [9.17, 15) is 15.3 Å². The molecule has 5 rings (SSSR count). The summed E-state index contributed by atoms with van der Waals surface area (Å²) < 4.78 is 0. The average molecular weight is 461 g/mol. The fourth-order valence-electron chi connectivity index (χ4n) is 11.6. The first-order valence-corrected chi connectivity index (χ1v) is 14.3. The molecule has 0 spiro atoms. The molecule has 190 valence electrons. The first-order valence-electron chi connectivity index (χ1n) is 14.3. The third kappa shape index (κ3) is 2.91. The first kappa shape index (κ1) is 24.6. The van der Waals surface area contributed by atoms with Gasteiger partial charge in [-0.3, -0.25) is 0 Å². The van der Waals surface area contributed by atoms with Crippen molar-refractivity contribution in [2.45, 2.75) is 118 Å². The molecule has 0 radical (unpaired) electrons. The smallest absolute Gasteiger partial charge is 0.0610 e. The maximum atomic E-state index is 12.2. The van der Waals surface area contributed by atoms with Crippen molar-refractivity contribution in [3.05, 3.63) is 0 Å². The van der Waals surface area contributed by atoms with E-state index < -0.39 is 0 Å². The van der Waals surface area contributed by atoms with Crippen LogP contribution in [0.5, 0.6) is 0 Å². The second-order valence-electron chi connectivity index (χ2n) is 15.2. The number of hydrogen-bond acceptors (Lipinski definition) is 3. The van der Waals surface area contributed by atoms with Gasteiger partial charge in [-0.05, 0) is 120 Å². The second-order valence-corrected chi connectivity index (χ2v) is 15.2. The number of fused-ring (bicyclic) bond motifs is 6. The van der Waals surface area contributed by atoms with Gasteiger partial charge >= 0.3 is 0 Å². The van der Waals surface area contributed by atoms with Gasteiger partial charge in [-0.2, -0.15) is 0 Å². The van der Waals surface area contributed by atoms with Gasteiger partial charge in [-0.1, -0.05) is 48.5 Å². The van der Waals surface area contributed by atoms with E-state index in [0.717, 1.165) is 44.9 Å². The standard InChI is InChI=1S/C30H52O3/c1-18(2)19-8-13-30(17-31)15-14-28(6)20(25(33)24(19)30)16-22-27(5)11-10-23(32)26(3,4)21(27)9-12-29(22,28)7/h18-25,31-33H,8-17H2,1-7H3/t19-,20-,21?,22?,23-,24?,25+,27-,28+,29+,30+/m0/s1. The Labute approximate surface area is 203 Å². The molecule has 11 atom stereocenters. The number of hydrogen-bond donors (Lipinski definition) is 3. The van der Waals surface area contributed by atoms with Gasteiger partial charge in [0.1, 0.15) is 0 Å². The highest BCUT2D eigenvalue weighted by atomic mass is 16.3. The quantitative estimate of drug-likeness (QED) is 0.470. The summed E-state index contributed by atoms with van der Waals surface area (Å²) in [6.45, 7) is 17.2. The number of aliphatic hydroxyl groups excluding tert-OH is 3. The molecule has 0 aromatic heterocycles. The minimum Gasteiger partial charge on any atom is -0.396 e. The van der Waals surface area contributed by atoms with Crippen molar-refractivity contribution in [2.75, 3.05) is 6.61 Å². The summed E-state index contributed by atoms with van der Waals surface area (Å²) in [5, 5.41) is 33.8. The van der Waals surface area contributed by atoms with Gasteiger partial charge in [0.05, 0.1) is 12.2 Å². The Bertz CT molecular complexity index is 777. The van der Waals surface area contributed by atoms with E-state index in [0.29, 0.717) is 29.6 Å². The third-order valence-corrected chi connectivity index (χ3v) is 13.9. The molecule has 5 fully saturated rings. The van der Waals surface area contributed by atoms with Crippen LogP contribution in [0.1, 0.15) is 106 Å². The lowest BCUT2D eigenvalue weighted by Crippen LogP contribution is -2.59. The van der Waals surface area contributed by atoms with Gasteiger partial charge in [0, 0.05) is 6.61 Å². The van der Waals surface area contributed by atoms with Crippen LogP contribution in [0.15, 0.2) is 0 Å². The second kappa shape index (κ2) is 7.45. The van der Waals surface area contributed by atoms with Crippen LogP contribution in [0.3, 0.4) is 0 Å². The molecular weight excluding hydrogens is 408 g/mol. The van der Waals surface area contributed by atoms with E-state index >= 15 is 0 Å². The Hall–Kier alpha value is -0.120. The van der Waals surface area contributed by atoms with E-state index in [2.05, 4.69) is 48.5 Å². The predicted molar refractivity (Wildman–Crippen MR) is 133 cm³/mol. The van der Waals surface area contributed by atoms with Gasteiger partial charge in [-0.15, -0.1) is 0 Å². The molecule has 5 saturated carbocycles. The normalized spacial score (nSPS) is 57.7. The van der Waals surface area contributed by atoms with Gasteiger partial charge in [0.25, 0.3) is 0 Å². The summed E-state index contributed by atoms with van der Waals surface area (Å²) in [4.78, 5) is 0. The van der Waals surface area contributed by atoms with Gasteiger partial charge in [-0.25, -0.2) is 0 Å². The van der Waals surface area contributed by atoms with E-state index in [4.69, 9.17) is 0 Å². The van der Waals surface area contributed by atoms with Crippen LogP contribution in [0.4, 0.5) is 0 Å². The summed E-state index contributed by atoms with van der Waals surface area (Å²) in [6, 6.07) is 0. The molecule has 0 aliphatic heterocycles. The van der Waals surface area contributed by atoms with Crippen molar-refractivity contribution in [1.29, 1.82) is 0 Å². The van der Waals surface area contributed by atoms with Crippen LogP contribution >= 0.6 is 0 Å². The monoisotopic (exact) mass is 460 g/mol. The lowest BCUT2D eigenvalue weighted by Gasteiger charge is -2.64. The van der Waals surface area contributed by atoms with Crippen LogP contribution in [0.2, 0.25) is 0 Å². The molecule has 0 aromatic rings. The Balaban J connectivity index is 1.56. The van der Waals surface area contributed by atoms with E-state index in [-0.39, 0.29) is 51.8 Å². The van der Waals surface area contributed by atoms with E-state index in [1.807, 2.05) is 0 Å². The topological polar surface area (TPSA) is 60.7 Å². The first-order chi connectivity index (χ1) is 15.3. The molecular formula is C30H52O3. The van der Waals surface area contributed by atoms with Gasteiger partial charge in [0.2, 0.25) is 0 Å². The molecule has 3 unspecified atom stereocenters. The summed E-state index contributed by atoms with van der Waals surface area (Å²) in [5.41, 5.74) is 0.486. The van der Waals surface area contributed by atoms with Crippen LogP contribution < -0.4 is 0 Å². The molecule has 0 amide bonds. The predicted octanol–water partition coefficient (Wildman–Crippen LogP) is 6.05. The van der Waals surface area contributed by atoms with Crippen molar-refractivity contribution in [3.63, 3.8) is 0 Å². The summed E-state index contributed by atoms with van der Waals surface area (Å²) in [6.07, 6.45) is 9.59. The summed E-state index contributed by atoms with van der Waals surface area (Å²) in [7, 11) is 0. The van der Waals surface area contributed by atoms with Crippen molar-refractivity contribution >= 4 is 0 Å². The molecule has 0 heterocycles. The van der Waals surface area contributed by atoms with Crippen LogP contribution in [0, 0.1) is 62.6 Å². The minimum atomic E-state index is -0.300. The SMILES string of the molecule is CC(C)[C@@H]1CC[C@]2(CO)CC[C@]3(C)[C@@H](CC4[C@@]5(C)CC[C@H](O)C(C)(C)C5CC[C@]43C)[C@@H](O)C12. The highest BCUT2D eigenvalue weighted by Crippen LogP contribution is 2.77. The molecule has 0 bridgehead atoms. The average Bonchev–Trinajstić information content (AvgIpc) is 3.22. The molecule has 3 nitrogen and oxygen atoms in total. The molecule has 0 saturated heterocycles. The summed E-state index contributed by atoms with van der Waals surface area (Å²) >= 11 is 0. The third-order valence-electron chi connectivity index (χ3n) is 13.9. The van der Waals surface area contributed by atoms with Crippen LogP contribution in [-0.4, -0.2) is 34.1 Å².